The van der Waals surface area contributed by atoms with Crippen LogP contribution in [0.4, 0.5) is 17.6 Å². The van der Waals surface area contributed by atoms with Gasteiger partial charge in [-0.3, -0.25) is 0 Å². The highest BCUT2D eigenvalue weighted by atomic mass is 35.5. The van der Waals surface area contributed by atoms with E-state index in [4.69, 9.17) is 17.3 Å². The number of hydrogen-bond donors (Lipinski definition) is 2. The van der Waals surface area contributed by atoms with Gasteiger partial charge in [-0.1, -0.05) is 18.5 Å². The first-order valence-corrected chi connectivity index (χ1v) is 5.56. The van der Waals surface area contributed by atoms with Gasteiger partial charge in [-0.25, -0.2) is 4.39 Å². The fourth-order valence-electron chi connectivity index (χ4n) is 1.59. The first-order chi connectivity index (χ1) is 8.20. The predicted octanol–water partition coefficient (Wildman–Crippen LogP) is 3.27. The van der Waals surface area contributed by atoms with Gasteiger partial charge < -0.3 is 10.8 Å². The van der Waals surface area contributed by atoms with Crippen LogP contribution in [0.2, 0.25) is 5.02 Å². The van der Waals surface area contributed by atoms with Crippen molar-refractivity contribution in [1.29, 1.82) is 0 Å². The second-order valence-corrected chi connectivity index (χ2v) is 4.23. The van der Waals surface area contributed by atoms with Crippen LogP contribution in [0.15, 0.2) is 12.1 Å². The van der Waals surface area contributed by atoms with E-state index < -0.39 is 40.3 Å². The minimum absolute atomic E-state index is 0.102. The van der Waals surface area contributed by atoms with Crippen molar-refractivity contribution in [3.05, 3.63) is 34.1 Å². The summed E-state index contributed by atoms with van der Waals surface area (Å²) in [5.41, 5.74) is 3.45. The Morgan fingerprint density at radius 3 is 2.39 bits per heavy atom. The molecule has 7 heteroatoms. The summed E-state index contributed by atoms with van der Waals surface area (Å²) < 4.78 is 51.9. The fraction of sp³-hybridized carbons (Fsp3) is 0.455. The molecule has 0 spiro atoms. The van der Waals surface area contributed by atoms with Crippen molar-refractivity contribution < 1.29 is 22.7 Å². The molecule has 0 heterocycles. The standard InChI is InChI=1S/C11H12ClF4NO/c1-2-7(18)10(17)8-5(11(14,15)16)3-4-6(12)9(8)13/h3-4,7,10,18H,2,17H2,1H3/t7-,10-/m1/s1. The Balaban J connectivity index is 3.43. The molecule has 0 saturated heterocycles. The molecule has 2 nitrogen and oxygen atoms in total. The molecule has 0 aromatic heterocycles. The van der Waals surface area contributed by atoms with Crippen LogP contribution < -0.4 is 5.73 Å². The van der Waals surface area contributed by atoms with Gasteiger partial charge in [0.1, 0.15) is 5.82 Å². The van der Waals surface area contributed by atoms with Gasteiger partial charge >= 0.3 is 6.18 Å². The highest BCUT2D eigenvalue weighted by molar-refractivity contribution is 6.30. The van der Waals surface area contributed by atoms with Crippen molar-refractivity contribution in [2.24, 2.45) is 5.73 Å². The molecule has 0 aliphatic rings. The Hall–Kier alpha value is -0.850. The van der Waals surface area contributed by atoms with E-state index in [-0.39, 0.29) is 6.42 Å². The fourth-order valence-corrected chi connectivity index (χ4v) is 1.75. The van der Waals surface area contributed by atoms with Gasteiger partial charge in [-0.15, -0.1) is 0 Å². The Labute approximate surface area is 106 Å². The van der Waals surface area contributed by atoms with E-state index in [9.17, 15) is 22.7 Å². The molecule has 1 aromatic carbocycles. The Morgan fingerprint density at radius 2 is 1.94 bits per heavy atom. The summed E-state index contributed by atoms with van der Waals surface area (Å²) in [7, 11) is 0. The van der Waals surface area contributed by atoms with Gasteiger partial charge in [0.2, 0.25) is 0 Å². The average molecular weight is 286 g/mol. The molecular formula is C11H12ClF4NO. The molecule has 18 heavy (non-hydrogen) atoms. The summed E-state index contributed by atoms with van der Waals surface area (Å²) >= 11 is 5.45. The second kappa shape index (κ2) is 5.42. The van der Waals surface area contributed by atoms with Gasteiger partial charge in [0.25, 0.3) is 0 Å². The topological polar surface area (TPSA) is 46.2 Å². The van der Waals surface area contributed by atoms with Crippen LogP contribution >= 0.6 is 11.6 Å². The largest absolute Gasteiger partial charge is 0.416 e. The number of nitrogens with two attached hydrogens (primary N) is 1. The van der Waals surface area contributed by atoms with Gasteiger partial charge in [0.15, 0.2) is 0 Å². The quantitative estimate of drug-likeness (QED) is 0.837. The number of hydrogen-bond acceptors (Lipinski definition) is 2. The van der Waals surface area contributed by atoms with Gasteiger partial charge in [-0.05, 0) is 18.6 Å². The van der Waals surface area contributed by atoms with Crippen LogP contribution in [-0.2, 0) is 6.18 Å². The summed E-state index contributed by atoms with van der Waals surface area (Å²) in [5.74, 6) is -1.24. The number of aliphatic hydroxyl groups excluding tert-OH is 1. The molecule has 0 unspecified atom stereocenters. The van der Waals surface area contributed by atoms with E-state index in [1.54, 1.807) is 0 Å². The van der Waals surface area contributed by atoms with Crippen LogP contribution in [0.3, 0.4) is 0 Å². The van der Waals surface area contributed by atoms with E-state index in [0.29, 0.717) is 6.07 Å². The van der Waals surface area contributed by atoms with Crippen molar-refractivity contribution >= 4 is 11.6 Å². The zero-order valence-corrected chi connectivity index (χ0v) is 10.2. The van der Waals surface area contributed by atoms with Crippen LogP contribution in [-0.4, -0.2) is 11.2 Å². The van der Waals surface area contributed by atoms with Gasteiger partial charge in [-0.2, -0.15) is 13.2 Å². The summed E-state index contributed by atoms with van der Waals surface area (Å²) in [6.07, 6.45) is -5.94. The summed E-state index contributed by atoms with van der Waals surface area (Å²) in [6.45, 7) is 1.53. The van der Waals surface area contributed by atoms with Gasteiger partial charge in [0.05, 0.1) is 22.7 Å². The first kappa shape index (κ1) is 15.2. The van der Waals surface area contributed by atoms with Crippen molar-refractivity contribution in [2.45, 2.75) is 31.7 Å². The minimum Gasteiger partial charge on any atom is -0.391 e. The maximum Gasteiger partial charge on any atom is 0.416 e. The number of alkyl halides is 3. The number of rotatable bonds is 3. The number of halogens is 5. The lowest BCUT2D eigenvalue weighted by molar-refractivity contribution is -0.138. The molecular weight excluding hydrogens is 274 g/mol. The summed E-state index contributed by atoms with van der Waals surface area (Å²) in [5, 5.41) is 9.02. The summed E-state index contributed by atoms with van der Waals surface area (Å²) in [4.78, 5) is 0. The second-order valence-electron chi connectivity index (χ2n) is 3.82. The molecule has 1 aromatic rings. The molecule has 102 valence electrons. The molecule has 0 amide bonds. The lowest BCUT2D eigenvalue weighted by atomic mass is 9.94. The number of aliphatic hydroxyl groups is 1. The molecule has 0 saturated carbocycles. The third-order valence-corrected chi connectivity index (χ3v) is 2.90. The Morgan fingerprint density at radius 1 is 1.39 bits per heavy atom. The monoisotopic (exact) mass is 285 g/mol. The predicted molar refractivity (Wildman–Crippen MR) is 59.6 cm³/mol. The maximum absolute atomic E-state index is 13.7. The zero-order valence-electron chi connectivity index (χ0n) is 9.43. The highest BCUT2D eigenvalue weighted by Crippen LogP contribution is 2.38. The lowest BCUT2D eigenvalue weighted by Crippen LogP contribution is -2.29. The van der Waals surface area contributed by atoms with Crippen molar-refractivity contribution in [2.75, 3.05) is 0 Å². The maximum atomic E-state index is 13.7. The average Bonchev–Trinajstić information content (AvgIpc) is 2.29. The Bertz CT molecular complexity index is 436. The zero-order chi connectivity index (χ0) is 14.1. The lowest BCUT2D eigenvalue weighted by Gasteiger charge is -2.23. The Kier molecular flexibility index (Phi) is 4.58. The van der Waals surface area contributed by atoms with E-state index in [1.807, 2.05) is 0 Å². The SMILES string of the molecule is CC[C@@H](O)[C@@H](N)c1c(C(F)(F)F)ccc(Cl)c1F. The molecule has 3 N–H and O–H groups in total. The smallest absolute Gasteiger partial charge is 0.391 e. The minimum atomic E-state index is -4.76. The molecule has 1 rings (SSSR count). The summed E-state index contributed by atoms with van der Waals surface area (Å²) in [6, 6.07) is -0.0117. The van der Waals surface area contributed by atoms with Crippen LogP contribution in [0.5, 0.6) is 0 Å². The van der Waals surface area contributed by atoms with Crippen molar-refractivity contribution in [3.63, 3.8) is 0 Å². The molecule has 0 aliphatic heterocycles. The molecule has 0 fully saturated rings. The van der Waals surface area contributed by atoms with E-state index in [0.717, 1.165) is 6.07 Å². The van der Waals surface area contributed by atoms with E-state index in [2.05, 4.69) is 0 Å². The van der Waals surface area contributed by atoms with Crippen LogP contribution in [0, 0.1) is 5.82 Å². The van der Waals surface area contributed by atoms with Crippen molar-refractivity contribution in [1.82, 2.24) is 0 Å². The van der Waals surface area contributed by atoms with E-state index >= 15 is 0 Å². The van der Waals surface area contributed by atoms with Gasteiger partial charge in [0, 0.05) is 5.56 Å². The molecule has 0 radical (unpaired) electrons. The number of benzene rings is 1. The molecule has 0 aliphatic carbocycles. The highest BCUT2D eigenvalue weighted by Gasteiger charge is 2.38. The third-order valence-electron chi connectivity index (χ3n) is 2.60. The third kappa shape index (κ3) is 2.93. The van der Waals surface area contributed by atoms with Crippen LogP contribution in [0.25, 0.3) is 0 Å². The molecule has 2 atom stereocenters. The van der Waals surface area contributed by atoms with E-state index in [1.165, 1.54) is 6.92 Å². The molecule has 0 bridgehead atoms. The normalized spacial score (nSPS) is 15.6. The van der Waals surface area contributed by atoms with Crippen molar-refractivity contribution in [3.8, 4) is 0 Å². The van der Waals surface area contributed by atoms with Crippen LogP contribution in [0.1, 0.15) is 30.5 Å². The first-order valence-electron chi connectivity index (χ1n) is 5.18.